The number of piperazine rings is 1. The van der Waals surface area contributed by atoms with Gasteiger partial charge < -0.3 is 4.74 Å². The van der Waals surface area contributed by atoms with Crippen LogP contribution in [0.2, 0.25) is 0 Å². The van der Waals surface area contributed by atoms with E-state index in [-0.39, 0.29) is 16.5 Å². The molecule has 0 aliphatic carbocycles. The number of para-hydroxylation sites is 1. The summed E-state index contributed by atoms with van der Waals surface area (Å²) in [5, 5.41) is 0.544. The van der Waals surface area contributed by atoms with Gasteiger partial charge in [-0.1, -0.05) is 28.1 Å². The standard InChI is InChI=1S/C28H29BrN4O4S/c1-3-37-23-12-10-22(11-13-23)33-27(30-26-7-5-4-6-25(26)28(33)34)20(2)31-16-18-32(19-17-31)38(35,36)24-14-8-21(29)9-15-24/h4-15,20H,3,16-19H2,1-2H3. The largest absolute Gasteiger partial charge is 0.494 e. The van der Waals surface area contributed by atoms with E-state index in [1.165, 1.54) is 4.31 Å². The predicted octanol–water partition coefficient (Wildman–Crippen LogP) is 4.61. The first-order chi connectivity index (χ1) is 18.3. The van der Waals surface area contributed by atoms with Gasteiger partial charge in [-0.2, -0.15) is 4.31 Å². The summed E-state index contributed by atoms with van der Waals surface area (Å²) < 4.78 is 35.9. The lowest BCUT2D eigenvalue weighted by atomic mass is 10.1. The Morgan fingerprint density at radius 1 is 0.947 bits per heavy atom. The molecule has 1 unspecified atom stereocenters. The van der Waals surface area contributed by atoms with Gasteiger partial charge in [0.15, 0.2) is 0 Å². The third-order valence-electron chi connectivity index (χ3n) is 6.85. The highest BCUT2D eigenvalue weighted by atomic mass is 79.9. The van der Waals surface area contributed by atoms with Crippen LogP contribution in [-0.4, -0.2) is 60.0 Å². The molecule has 1 aliphatic rings. The zero-order valence-corrected chi connectivity index (χ0v) is 23.7. The smallest absolute Gasteiger partial charge is 0.266 e. The molecule has 5 rings (SSSR count). The molecule has 198 valence electrons. The van der Waals surface area contributed by atoms with E-state index in [9.17, 15) is 13.2 Å². The molecular formula is C28H29BrN4O4S. The summed E-state index contributed by atoms with van der Waals surface area (Å²) in [6, 6.07) is 21.2. The molecule has 1 saturated heterocycles. The third-order valence-corrected chi connectivity index (χ3v) is 9.30. The second-order valence-electron chi connectivity index (χ2n) is 9.12. The lowest BCUT2D eigenvalue weighted by Gasteiger charge is -2.37. The quantitative estimate of drug-likeness (QED) is 0.310. The van der Waals surface area contributed by atoms with Crippen LogP contribution in [-0.2, 0) is 10.0 Å². The zero-order valence-electron chi connectivity index (χ0n) is 21.2. The van der Waals surface area contributed by atoms with Gasteiger partial charge in [0.05, 0.1) is 34.1 Å². The van der Waals surface area contributed by atoms with Crippen molar-refractivity contribution in [2.24, 2.45) is 0 Å². The number of nitrogens with zero attached hydrogens (tertiary/aromatic N) is 4. The van der Waals surface area contributed by atoms with Gasteiger partial charge in [-0.3, -0.25) is 14.3 Å². The van der Waals surface area contributed by atoms with Crippen LogP contribution in [0, 0.1) is 0 Å². The molecule has 1 aliphatic heterocycles. The summed E-state index contributed by atoms with van der Waals surface area (Å²) in [6.07, 6.45) is 0. The van der Waals surface area contributed by atoms with Gasteiger partial charge in [0.2, 0.25) is 10.0 Å². The molecule has 0 saturated carbocycles. The zero-order chi connectivity index (χ0) is 26.9. The Balaban J connectivity index is 1.45. The normalized spacial score (nSPS) is 16.0. The van der Waals surface area contributed by atoms with E-state index in [2.05, 4.69) is 20.8 Å². The number of rotatable bonds is 7. The van der Waals surface area contributed by atoms with E-state index < -0.39 is 10.0 Å². The maximum atomic E-state index is 13.7. The first-order valence-corrected chi connectivity index (χ1v) is 14.8. The molecule has 0 radical (unpaired) electrons. The van der Waals surface area contributed by atoms with Gasteiger partial charge in [-0.25, -0.2) is 13.4 Å². The van der Waals surface area contributed by atoms with Crippen molar-refractivity contribution in [2.45, 2.75) is 24.8 Å². The summed E-state index contributed by atoms with van der Waals surface area (Å²) in [5.74, 6) is 1.35. The number of halogens is 1. The highest BCUT2D eigenvalue weighted by molar-refractivity contribution is 9.10. The molecule has 2 heterocycles. The first-order valence-electron chi connectivity index (χ1n) is 12.5. The predicted molar refractivity (Wildman–Crippen MR) is 151 cm³/mol. The van der Waals surface area contributed by atoms with Crippen LogP contribution in [0.15, 0.2) is 87.0 Å². The fourth-order valence-electron chi connectivity index (χ4n) is 4.79. The van der Waals surface area contributed by atoms with Crippen molar-refractivity contribution >= 4 is 36.9 Å². The fourth-order valence-corrected chi connectivity index (χ4v) is 6.47. The molecule has 1 atom stereocenters. The monoisotopic (exact) mass is 596 g/mol. The number of hydrogen-bond donors (Lipinski definition) is 0. The third kappa shape index (κ3) is 5.13. The summed E-state index contributed by atoms with van der Waals surface area (Å²) in [7, 11) is -3.58. The van der Waals surface area contributed by atoms with Crippen LogP contribution in [0.5, 0.6) is 5.75 Å². The van der Waals surface area contributed by atoms with Crippen LogP contribution in [0.4, 0.5) is 0 Å². The Kier molecular flexibility index (Phi) is 7.67. The Morgan fingerprint density at radius 3 is 2.26 bits per heavy atom. The fraction of sp³-hybridized carbons (Fsp3) is 0.286. The highest BCUT2D eigenvalue weighted by Gasteiger charge is 2.32. The van der Waals surface area contributed by atoms with Crippen LogP contribution in [0.1, 0.15) is 25.7 Å². The van der Waals surface area contributed by atoms with Crippen LogP contribution < -0.4 is 10.3 Å². The molecule has 0 spiro atoms. The average molecular weight is 598 g/mol. The summed E-state index contributed by atoms with van der Waals surface area (Å²) >= 11 is 3.36. The number of sulfonamides is 1. The number of aromatic nitrogens is 2. The molecule has 0 amide bonds. The molecule has 10 heteroatoms. The molecule has 0 bridgehead atoms. The molecule has 38 heavy (non-hydrogen) atoms. The maximum absolute atomic E-state index is 13.7. The molecular weight excluding hydrogens is 568 g/mol. The molecule has 1 fully saturated rings. The maximum Gasteiger partial charge on any atom is 0.266 e. The van der Waals surface area contributed by atoms with Crippen LogP contribution >= 0.6 is 15.9 Å². The van der Waals surface area contributed by atoms with Crippen molar-refractivity contribution in [1.29, 1.82) is 0 Å². The Labute approximate surface area is 230 Å². The average Bonchev–Trinajstić information content (AvgIpc) is 2.94. The topological polar surface area (TPSA) is 84.7 Å². The Bertz CT molecular complexity index is 1600. The van der Waals surface area contributed by atoms with Crippen molar-refractivity contribution in [3.05, 3.63) is 93.4 Å². The van der Waals surface area contributed by atoms with Gasteiger partial charge >= 0.3 is 0 Å². The second-order valence-corrected chi connectivity index (χ2v) is 12.0. The summed E-state index contributed by atoms with van der Waals surface area (Å²) in [5.41, 5.74) is 1.20. The van der Waals surface area contributed by atoms with E-state index in [0.29, 0.717) is 55.2 Å². The summed E-state index contributed by atoms with van der Waals surface area (Å²) in [4.78, 5) is 21.1. The SMILES string of the molecule is CCOc1ccc(-n2c(C(C)N3CCN(S(=O)(=O)c4ccc(Br)cc4)CC3)nc3ccccc3c2=O)cc1. The number of hydrogen-bond acceptors (Lipinski definition) is 6. The minimum atomic E-state index is -3.58. The molecule has 4 aromatic rings. The lowest BCUT2D eigenvalue weighted by Crippen LogP contribution is -2.49. The van der Waals surface area contributed by atoms with Crippen molar-refractivity contribution in [3.63, 3.8) is 0 Å². The highest BCUT2D eigenvalue weighted by Crippen LogP contribution is 2.27. The van der Waals surface area contributed by atoms with Crippen LogP contribution in [0.25, 0.3) is 16.6 Å². The van der Waals surface area contributed by atoms with Crippen LogP contribution in [0.3, 0.4) is 0 Å². The minimum absolute atomic E-state index is 0.141. The van der Waals surface area contributed by atoms with Gasteiger partial charge in [-0.05, 0) is 74.5 Å². The van der Waals surface area contributed by atoms with Crippen molar-refractivity contribution in [3.8, 4) is 11.4 Å². The second kappa shape index (κ2) is 11.0. The van der Waals surface area contributed by atoms with E-state index in [1.54, 1.807) is 34.9 Å². The molecule has 0 N–H and O–H groups in total. The first kappa shape index (κ1) is 26.6. The van der Waals surface area contributed by atoms with E-state index in [0.717, 1.165) is 10.2 Å². The number of ether oxygens (including phenoxy) is 1. The van der Waals surface area contributed by atoms with Crippen molar-refractivity contribution < 1.29 is 13.2 Å². The number of benzene rings is 3. The van der Waals surface area contributed by atoms with Gasteiger partial charge in [-0.15, -0.1) is 0 Å². The van der Waals surface area contributed by atoms with Crippen molar-refractivity contribution in [2.75, 3.05) is 32.8 Å². The molecule has 1 aromatic heterocycles. The van der Waals surface area contributed by atoms with Gasteiger partial charge in [0, 0.05) is 30.7 Å². The van der Waals surface area contributed by atoms with E-state index >= 15 is 0 Å². The molecule has 8 nitrogen and oxygen atoms in total. The summed E-state index contributed by atoms with van der Waals surface area (Å²) in [6.45, 7) is 6.23. The van der Waals surface area contributed by atoms with Crippen molar-refractivity contribution in [1.82, 2.24) is 18.8 Å². The number of fused-ring (bicyclic) bond motifs is 1. The minimum Gasteiger partial charge on any atom is -0.494 e. The Morgan fingerprint density at radius 2 is 1.61 bits per heavy atom. The van der Waals surface area contributed by atoms with E-state index in [1.807, 2.05) is 56.3 Å². The lowest BCUT2D eigenvalue weighted by molar-refractivity contribution is 0.140. The van der Waals surface area contributed by atoms with Gasteiger partial charge in [0.1, 0.15) is 11.6 Å². The van der Waals surface area contributed by atoms with E-state index in [4.69, 9.17) is 9.72 Å². The molecule has 3 aromatic carbocycles. The van der Waals surface area contributed by atoms with Gasteiger partial charge in [0.25, 0.3) is 5.56 Å². The Hall–Kier alpha value is -3.05.